The number of pyridine rings is 2. The predicted molar refractivity (Wildman–Crippen MR) is 176 cm³/mol. The maximum absolute atomic E-state index is 4.88. The molecule has 2 heteroatoms. The van der Waals surface area contributed by atoms with Crippen molar-refractivity contribution in [3.63, 3.8) is 0 Å². The van der Waals surface area contributed by atoms with E-state index in [1.54, 1.807) is 0 Å². The first-order valence-corrected chi connectivity index (χ1v) is 14.2. The molecule has 0 fully saturated rings. The van der Waals surface area contributed by atoms with Gasteiger partial charge < -0.3 is 0 Å². The number of nitrogens with zero attached hydrogens (tertiary/aromatic N) is 2. The van der Waals surface area contributed by atoms with Crippen LogP contribution in [0.5, 0.6) is 0 Å². The standard InChI is InChI=1S/C40H26N2/c1-3-9-27(10-4-1)29-13-7-15-31(25-29)33-21-23-41-39-35(33)17-19-38-37(39)20-18-36-34(22-24-42-40(36)38)32-16-8-14-30(26-32)28-11-5-2-6-12-28/h1-26H. The Bertz CT molecular complexity index is 2070. The van der Waals surface area contributed by atoms with Crippen molar-refractivity contribution in [3.8, 4) is 44.5 Å². The molecule has 2 aromatic heterocycles. The zero-order valence-electron chi connectivity index (χ0n) is 22.9. The van der Waals surface area contributed by atoms with Crippen LogP contribution in [-0.4, -0.2) is 9.97 Å². The first-order chi connectivity index (χ1) is 20.8. The fourth-order valence-electron chi connectivity index (χ4n) is 6.14. The van der Waals surface area contributed by atoms with Crippen molar-refractivity contribution in [1.29, 1.82) is 0 Å². The molecule has 0 amide bonds. The highest BCUT2D eigenvalue weighted by atomic mass is 14.7. The van der Waals surface area contributed by atoms with E-state index in [0.717, 1.165) is 32.6 Å². The van der Waals surface area contributed by atoms with Gasteiger partial charge in [0, 0.05) is 33.9 Å². The van der Waals surface area contributed by atoms with Crippen molar-refractivity contribution < 1.29 is 0 Å². The molecule has 0 aliphatic rings. The van der Waals surface area contributed by atoms with Gasteiger partial charge in [-0.1, -0.05) is 121 Å². The average Bonchev–Trinajstić information content (AvgIpc) is 3.08. The van der Waals surface area contributed by atoms with Crippen LogP contribution < -0.4 is 0 Å². The number of hydrogen-bond donors (Lipinski definition) is 0. The molecular weight excluding hydrogens is 508 g/mol. The number of hydrogen-bond acceptors (Lipinski definition) is 2. The van der Waals surface area contributed by atoms with Crippen LogP contribution in [0.2, 0.25) is 0 Å². The van der Waals surface area contributed by atoms with Gasteiger partial charge >= 0.3 is 0 Å². The van der Waals surface area contributed by atoms with Crippen LogP contribution in [0.3, 0.4) is 0 Å². The van der Waals surface area contributed by atoms with Crippen molar-refractivity contribution in [2.24, 2.45) is 0 Å². The number of fused-ring (bicyclic) bond motifs is 5. The van der Waals surface area contributed by atoms with E-state index in [2.05, 4.69) is 146 Å². The summed E-state index contributed by atoms with van der Waals surface area (Å²) in [5, 5.41) is 4.51. The third-order valence-electron chi connectivity index (χ3n) is 8.18. The van der Waals surface area contributed by atoms with Crippen LogP contribution in [0, 0.1) is 0 Å². The van der Waals surface area contributed by atoms with Crippen molar-refractivity contribution in [2.45, 2.75) is 0 Å². The van der Waals surface area contributed by atoms with E-state index in [0.29, 0.717) is 0 Å². The Kier molecular flexibility index (Phi) is 5.82. The molecule has 0 bridgehead atoms. The lowest BCUT2D eigenvalue weighted by molar-refractivity contribution is 1.41. The molecule has 2 nitrogen and oxygen atoms in total. The molecule has 8 aromatic rings. The summed E-state index contributed by atoms with van der Waals surface area (Å²) < 4.78 is 0. The Morgan fingerprint density at radius 3 is 1.12 bits per heavy atom. The molecule has 196 valence electrons. The van der Waals surface area contributed by atoms with Gasteiger partial charge in [0.05, 0.1) is 11.0 Å². The molecule has 0 aliphatic heterocycles. The highest BCUT2D eigenvalue weighted by Crippen LogP contribution is 2.38. The minimum absolute atomic E-state index is 0.996. The van der Waals surface area contributed by atoms with E-state index in [-0.39, 0.29) is 0 Å². The molecule has 0 saturated carbocycles. The lowest BCUT2D eigenvalue weighted by Gasteiger charge is -2.13. The third kappa shape index (κ3) is 4.13. The summed E-state index contributed by atoms with van der Waals surface area (Å²) in [6.45, 7) is 0. The summed E-state index contributed by atoms with van der Waals surface area (Å²) in [7, 11) is 0. The van der Waals surface area contributed by atoms with Crippen LogP contribution in [-0.2, 0) is 0 Å². The summed E-state index contributed by atoms with van der Waals surface area (Å²) in [6.07, 6.45) is 3.85. The second kappa shape index (κ2) is 10.1. The van der Waals surface area contributed by atoms with Gasteiger partial charge in [-0.05, 0) is 68.8 Å². The van der Waals surface area contributed by atoms with Crippen molar-refractivity contribution >= 4 is 32.6 Å². The molecular formula is C40H26N2. The second-order valence-corrected chi connectivity index (χ2v) is 10.6. The molecule has 0 aliphatic carbocycles. The van der Waals surface area contributed by atoms with Crippen LogP contribution in [0.1, 0.15) is 0 Å². The summed E-state index contributed by atoms with van der Waals surface area (Å²) in [5.74, 6) is 0. The zero-order chi connectivity index (χ0) is 27.9. The van der Waals surface area contributed by atoms with Gasteiger partial charge in [0.25, 0.3) is 0 Å². The Balaban J connectivity index is 1.27. The fraction of sp³-hybridized carbons (Fsp3) is 0. The fourth-order valence-corrected chi connectivity index (χ4v) is 6.14. The molecule has 8 rings (SSSR count). The van der Waals surface area contributed by atoms with Crippen LogP contribution in [0.4, 0.5) is 0 Å². The number of rotatable bonds is 4. The predicted octanol–water partition coefficient (Wildman–Crippen LogP) is 10.6. The van der Waals surface area contributed by atoms with E-state index in [4.69, 9.17) is 9.97 Å². The molecule has 0 N–H and O–H groups in total. The highest BCUT2D eigenvalue weighted by Gasteiger charge is 2.13. The Hall–Kier alpha value is -5.60. The lowest BCUT2D eigenvalue weighted by Crippen LogP contribution is -1.90. The molecule has 0 spiro atoms. The van der Waals surface area contributed by atoms with E-state index < -0.39 is 0 Å². The summed E-state index contributed by atoms with van der Waals surface area (Å²) >= 11 is 0. The summed E-state index contributed by atoms with van der Waals surface area (Å²) in [5.41, 5.74) is 11.6. The van der Waals surface area contributed by atoms with Gasteiger partial charge in [-0.2, -0.15) is 0 Å². The number of aromatic nitrogens is 2. The molecule has 6 aromatic carbocycles. The third-order valence-corrected chi connectivity index (χ3v) is 8.18. The van der Waals surface area contributed by atoms with Gasteiger partial charge in [-0.15, -0.1) is 0 Å². The molecule has 0 radical (unpaired) electrons. The topological polar surface area (TPSA) is 25.8 Å². The zero-order valence-corrected chi connectivity index (χ0v) is 22.9. The number of benzene rings is 6. The van der Waals surface area contributed by atoms with Gasteiger partial charge in [0.15, 0.2) is 0 Å². The van der Waals surface area contributed by atoms with Crippen LogP contribution >= 0.6 is 0 Å². The smallest absolute Gasteiger partial charge is 0.0787 e. The minimum atomic E-state index is 0.996. The van der Waals surface area contributed by atoms with Crippen molar-refractivity contribution in [3.05, 3.63) is 158 Å². The Morgan fingerprint density at radius 1 is 0.286 bits per heavy atom. The van der Waals surface area contributed by atoms with Gasteiger partial charge in [-0.3, -0.25) is 9.97 Å². The van der Waals surface area contributed by atoms with Crippen LogP contribution in [0.25, 0.3) is 77.1 Å². The first-order valence-electron chi connectivity index (χ1n) is 14.2. The monoisotopic (exact) mass is 534 g/mol. The van der Waals surface area contributed by atoms with Gasteiger partial charge in [-0.25, -0.2) is 0 Å². The molecule has 0 saturated heterocycles. The second-order valence-electron chi connectivity index (χ2n) is 10.6. The van der Waals surface area contributed by atoms with Gasteiger partial charge in [0.2, 0.25) is 0 Å². The SMILES string of the molecule is c1ccc(-c2cccc(-c3ccnc4c3ccc3c4ccc4c(-c5cccc(-c6ccccc6)c5)ccnc43)c2)cc1. The summed E-state index contributed by atoms with van der Waals surface area (Å²) in [4.78, 5) is 9.76. The van der Waals surface area contributed by atoms with E-state index in [1.165, 1.54) is 44.5 Å². The first kappa shape index (κ1) is 24.2. The molecule has 2 heterocycles. The van der Waals surface area contributed by atoms with Gasteiger partial charge in [0.1, 0.15) is 0 Å². The summed E-state index contributed by atoms with van der Waals surface area (Å²) in [6, 6.07) is 51.7. The van der Waals surface area contributed by atoms with E-state index >= 15 is 0 Å². The van der Waals surface area contributed by atoms with Crippen molar-refractivity contribution in [1.82, 2.24) is 9.97 Å². The van der Waals surface area contributed by atoms with E-state index in [9.17, 15) is 0 Å². The normalized spacial score (nSPS) is 11.3. The average molecular weight is 535 g/mol. The Labute approximate surface area is 244 Å². The quantitative estimate of drug-likeness (QED) is 0.210. The largest absolute Gasteiger partial charge is 0.256 e. The maximum Gasteiger partial charge on any atom is 0.0787 e. The minimum Gasteiger partial charge on any atom is -0.256 e. The molecule has 0 atom stereocenters. The van der Waals surface area contributed by atoms with Crippen molar-refractivity contribution in [2.75, 3.05) is 0 Å². The molecule has 0 unspecified atom stereocenters. The van der Waals surface area contributed by atoms with Crippen LogP contribution in [0.15, 0.2) is 158 Å². The molecule has 42 heavy (non-hydrogen) atoms. The lowest BCUT2D eigenvalue weighted by atomic mass is 9.93. The Morgan fingerprint density at radius 2 is 0.667 bits per heavy atom. The highest BCUT2D eigenvalue weighted by molar-refractivity contribution is 6.18. The maximum atomic E-state index is 4.88. The van der Waals surface area contributed by atoms with E-state index in [1.807, 2.05) is 12.4 Å².